The van der Waals surface area contributed by atoms with Crippen LogP contribution < -0.4 is 5.73 Å². The van der Waals surface area contributed by atoms with E-state index < -0.39 is 0 Å². The van der Waals surface area contributed by atoms with Gasteiger partial charge in [0.15, 0.2) is 0 Å². The van der Waals surface area contributed by atoms with Gasteiger partial charge in [0.05, 0.1) is 10.7 Å². The van der Waals surface area contributed by atoms with Gasteiger partial charge in [0.25, 0.3) is 0 Å². The van der Waals surface area contributed by atoms with Gasteiger partial charge in [-0.1, -0.05) is 13.8 Å². The normalized spacial score (nSPS) is 13.5. The van der Waals surface area contributed by atoms with Gasteiger partial charge in [-0.05, 0) is 25.7 Å². The van der Waals surface area contributed by atoms with Gasteiger partial charge in [-0.25, -0.2) is 4.98 Å². The van der Waals surface area contributed by atoms with E-state index in [4.69, 9.17) is 5.73 Å². The number of aromatic nitrogens is 1. The van der Waals surface area contributed by atoms with Crippen LogP contribution in [0.25, 0.3) is 0 Å². The monoisotopic (exact) mass is 212 g/mol. The Kier molecular flexibility index (Phi) is 4.55. The molecule has 0 saturated carbocycles. The molecule has 0 saturated heterocycles. The van der Waals surface area contributed by atoms with Crippen molar-refractivity contribution in [2.75, 3.05) is 0 Å². The molecule has 0 bridgehead atoms. The van der Waals surface area contributed by atoms with Crippen LogP contribution in [-0.2, 0) is 12.8 Å². The molecule has 1 rings (SSSR count). The van der Waals surface area contributed by atoms with Crippen molar-refractivity contribution < 1.29 is 0 Å². The van der Waals surface area contributed by atoms with Crippen molar-refractivity contribution in [3.05, 3.63) is 16.1 Å². The Bertz CT molecular complexity index is 266. The first-order valence-electron chi connectivity index (χ1n) is 5.26. The third-order valence-corrected chi connectivity index (χ3v) is 3.02. The zero-order valence-corrected chi connectivity index (χ0v) is 10.1. The Morgan fingerprint density at radius 2 is 2.14 bits per heavy atom. The van der Waals surface area contributed by atoms with Crippen molar-refractivity contribution in [3.8, 4) is 0 Å². The number of rotatable bonds is 5. The van der Waals surface area contributed by atoms with E-state index >= 15 is 0 Å². The highest BCUT2D eigenvalue weighted by atomic mass is 32.1. The van der Waals surface area contributed by atoms with Crippen LogP contribution >= 0.6 is 11.3 Å². The second kappa shape index (κ2) is 5.47. The number of hydrogen-bond acceptors (Lipinski definition) is 3. The van der Waals surface area contributed by atoms with Crippen LogP contribution in [-0.4, -0.2) is 11.0 Å². The molecule has 14 heavy (non-hydrogen) atoms. The van der Waals surface area contributed by atoms with Gasteiger partial charge in [-0.2, -0.15) is 0 Å². The molecule has 2 N–H and O–H groups in total. The highest BCUT2D eigenvalue weighted by molar-refractivity contribution is 7.09. The summed E-state index contributed by atoms with van der Waals surface area (Å²) in [5.41, 5.74) is 6.88. The molecule has 0 spiro atoms. The minimum absolute atomic E-state index is 0.218. The lowest BCUT2D eigenvalue weighted by Gasteiger charge is -2.01. The Labute approximate surface area is 90.6 Å². The molecule has 1 heterocycles. The van der Waals surface area contributed by atoms with Crippen molar-refractivity contribution in [2.24, 2.45) is 11.7 Å². The highest BCUT2D eigenvalue weighted by Crippen LogP contribution is 2.15. The van der Waals surface area contributed by atoms with Crippen LogP contribution in [0.5, 0.6) is 0 Å². The summed E-state index contributed by atoms with van der Waals surface area (Å²) in [6, 6.07) is 0.218. The van der Waals surface area contributed by atoms with Gasteiger partial charge in [-0.3, -0.25) is 0 Å². The molecule has 0 aliphatic carbocycles. The molecule has 0 amide bonds. The molecule has 0 radical (unpaired) electrons. The van der Waals surface area contributed by atoms with E-state index in [1.165, 1.54) is 11.4 Å². The zero-order chi connectivity index (χ0) is 10.6. The molecular formula is C11H20N2S. The van der Waals surface area contributed by atoms with Crippen molar-refractivity contribution in [1.29, 1.82) is 0 Å². The molecule has 2 nitrogen and oxygen atoms in total. The topological polar surface area (TPSA) is 38.9 Å². The van der Waals surface area contributed by atoms with E-state index in [0.717, 1.165) is 24.5 Å². The number of nitrogens with zero attached hydrogens (tertiary/aromatic N) is 1. The summed E-state index contributed by atoms with van der Waals surface area (Å²) in [5.74, 6) is 0.760. The molecule has 1 atom stereocenters. The molecule has 80 valence electrons. The van der Waals surface area contributed by atoms with Gasteiger partial charge >= 0.3 is 0 Å². The fourth-order valence-electron chi connectivity index (χ4n) is 1.30. The number of nitrogens with two attached hydrogens (primary N) is 1. The van der Waals surface area contributed by atoms with Crippen molar-refractivity contribution in [2.45, 2.75) is 46.1 Å². The molecule has 1 unspecified atom stereocenters. The summed E-state index contributed by atoms with van der Waals surface area (Å²) in [4.78, 5) is 4.56. The van der Waals surface area contributed by atoms with Gasteiger partial charge in [0.1, 0.15) is 0 Å². The first-order chi connectivity index (χ1) is 6.58. The molecule has 0 aromatic carbocycles. The van der Waals surface area contributed by atoms with Gasteiger partial charge in [0.2, 0.25) is 0 Å². The Morgan fingerprint density at radius 3 is 2.71 bits per heavy atom. The quantitative estimate of drug-likeness (QED) is 0.815. The van der Waals surface area contributed by atoms with Crippen LogP contribution in [0.3, 0.4) is 0 Å². The van der Waals surface area contributed by atoms with Gasteiger partial charge in [0, 0.05) is 17.8 Å². The van der Waals surface area contributed by atoms with Crippen LogP contribution in [0.2, 0.25) is 0 Å². The summed E-state index contributed by atoms with van der Waals surface area (Å²) >= 11 is 1.77. The van der Waals surface area contributed by atoms with E-state index in [0.29, 0.717) is 0 Å². The van der Waals surface area contributed by atoms with Crippen LogP contribution in [0.1, 0.15) is 37.9 Å². The molecule has 0 aliphatic heterocycles. The molecule has 1 aromatic heterocycles. The minimum atomic E-state index is 0.218. The lowest BCUT2D eigenvalue weighted by Crippen LogP contribution is -2.17. The largest absolute Gasteiger partial charge is 0.328 e. The lowest BCUT2D eigenvalue weighted by atomic mass is 10.1. The molecular weight excluding hydrogens is 192 g/mol. The maximum atomic E-state index is 5.72. The fourth-order valence-corrected chi connectivity index (χ4v) is 2.13. The average molecular weight is 212 g/mol. The smallest absolute Gasteiger partial charge is 0.0928 e. The third kappa shape index (κ3) is 4.20. The number of thiazole rings is 1. The maximum absolute atomic E-state index is 5.72. The highest BCUT2D eigenvalue weighted by Gasteiger charge is 2.04. The predicted octanol–water partition coefficient (Wildman–Crippen LogP) is 2.62. The number of hydrogen-bond donors (Lipinski definition) is 1. The molecule has 0 fully saturated rings. The fraction of sp³-hybridized carbons (Fsp3) is 0.727. The first-order valence-corrected chi connectivity index (χ1v) is 6.14. The second-order valence-corrected chi connectivity index (χ2v) is 5.29. The first kappa shape index (κ1) is 11.7. The Hall–Kier alpha value is -0.410. The Morgan fingerprint density at radius 1 is 1.43 bits per heavy atom. The summed E-state index contributed by atoms with van der Waals surface area (Å²) in [5, 5.41) is 3.40. The number of aryl methyl sites for hydroxylation is 1. The van der Waals surface area contributed by atoms with Crippen molar-refractivity contribution in [1.82, 2.24) is 4.98 Å². The summed E-state index contributed by atoms with van der Waals surface area (Å²) < 4.78 is 0. The zero-order valence-electron chi connectivity index (χ0n) is 9.29. The van der Waals surface area contributed by atoms with Gasteiger partial charge < -0.3 is 5.73 Å². The third-order valence-electron chi connectivity index (χ3n) is 2.07. The molecule has 1 aromatic rings. The molecule has 3 heteroatoms. The standard InChI is InChI=1S/C11H20N2S/c1-8(2)4-5-11-13-10(7-14-11)6-9(3)12/h7-9H,4-6,12H2,1-3H3. The second-order valence-electron chi connectivity index (χ2n) is 4.35. The average Bonchev–Trinajstić information content (AvgIpc) is 2.47. The Balaban J connectivity index is 2.42. The van der Waals surface area contributed by atoms with E-state index in [1.54, 1.807) is 11.3 Å². The summed E-state index contributed by atoms with van der Waals surface area (Å²) in [7, 11) is 0. The van der Waals surface area contributed by atoms with Crippen molar-refractivity contribution >= 4 is 11.3 Å². The van der Waals surface area contributed by atoms with Crippen molar-refractivity contribution in [3.63, 3.8) is 0 Å². The van der Waals surface area contributed by atoms with Crippen LogP contribution in [0.4, 0.5) is 0 Å². The van der Waals surface area contributed by atoms with E-state index in [2.05, 4.69) is 24.2 Å². The van der Waals surface area contributed by atoms with E-state index in [1.807, 2.05) is 6.92 Å². The van der Waals surface area contributed by atoms with E-state index in [-0.39, 0.29) is 6.04 Å². The summed E-state index contributed by atoms with van der Waals surface area (Å²) in [6.07, 6.45) is 3.24. The SMILES string of the molecule is CC(C)CCc1nc(CC(C)N)cs1. The van der Waals surface area contributed by atoms with E-state index in [9.17, 15) is 0 Å². The predicted molar refractivity (Wildman–Crippen MR) is 62.6 cm³/mol. The summed E-state index contributed by atoms with van der Waals surface area (Å²) in [6.45, 7) is 6.51. The van der Waals surface area contributed by atoms with Gasteiger partial charge in [-0.15, -0.1) is 11.3 Å². The minimum Gasteiger partial charge on any atom is -0.328 e. The van der Waals surface area contributed by atoms with Crippen LogP contribution in [0, 0.1) is 5.92 Å². The van der Waals surface area contributed by atoms with Crippen LogP contribution in [0.15, 0.2) is 5.38 Å². The molecule has 0 aliphatic rings. The maximum Gasteiger partial charge on any atom is 0.0928 e. The lowest BCUT2D eigenvalue weighted by molar-refractivity contribution is 0.584.